The number of hydrogen-bond acceptors (Lipinski definition) is 5. The van der Waals surface area contributed by atoms with E-state index in [0.717, 1.165) is 12.2 Å². The van der Waals surface area contributed by atoms with E-state index in [4.69, 9.17) is 9.47 Å². The minimum atomic E-state index is -0.291. The van der Waals surface area contributed by atoms with Crippen molar-refractivity contribution in [2.75, 3.05) is 18.5 Å². The SMILES string of the molecule is O=C(Nc1ccc2c(c1)OCCCO2)C1CC(c2ccccc2)NN1. The average Bonchev–Trinajstić information content (AvgIpc) is 3.03. The zero-order valence-corrected chi connectivity index (χ0v) is 13.8. The number of hydrazine groups is 1. The number of anilines is 1. The van der Waals surface area contributed by atoms with Gasteiger partial charge in [-0.2, -0.15) is 0 Å². The molecule has 0 aliphatic carbocycles. The first kappa shape index (κ1) is 15.9. The lowest BCUT2D eigenvalue weighted by Crippen LogP contribution is -2.39. The summed E-state index contributed by atoms with van der Waals surface area (Å²) >= 11 is 0. The van der Waals surface area contributed by atoms with Crippen LogP contribution in [0, 0.1) is 0 Å². The normalized spacial score (nSPS) is 22.2. The molecule has 2 heterocycles. The van der Waals surface area contributed by atoms with Gasteiger partial charge in [0.2, 0.25) is 5.91 Å². The quantitative estimate of drug-likeness (QED) is 0.801. The topological polar surface area (TPSA) is 71.6 Å². The molecule has 0 spiro atoms. The molecule has 2 aromatic rings. The Morgan fingerprint density at radius 1 is 1.00 bits per heavy atom. The van der Waals surface area contributed by atoms with E-state index in [1.165, 1.54) is 5.56 Å². The van der Waals surface area contributed by atoms with E-state index in [0.29, 0.717) is 31.1 Å². The zero-order chi connectivity index (χ0) is 17.1. The molecular formula is C19H21N3O3. The number of fused-ring (bicyclic) bond motifs is 1. The molecule has 3 N–H and O–H groups in total. The highest BCUT2D eigenvalue weighted by atomic mass is 16.5. The maximum absolute atomic E-state index is 12.5. The van der Waals surface area contributed by atoms with Crippen LogP contribution in [0.5, 0.6) is 11.5 Å². The highest BCUT2D eigenvalue weighted by Crippen LogP contribution is 2.32. The van der Waals surface area contributed by atoms with Crippen molar-refractivity contribution in [3.63, 3.8) is 0 Å². The van der Waals surface area contributed by atoms with Gasteiger partial charge in [0.15, 0.2) is 11.5 Å². The minimum Gasteiger partial charge on any atom is -0.490 e. The first-order valence-corrected chi connectivity index (χ1v) is 8.56. The molecule has 0 aromatic heterocycles. The van der Waals surface area contributed by atoms with Gasteiger partial charge in [-0.25, -0.2) is 10.9 Å². The maximum atomic E-state index is 12.5. The molecule has 0 saturated carbocycles. The van der Waals surface area contributed by atoms with Gasteiger partial charge in [0.1, 0.15) is 6.04 Å². The summed E-state index contributed by atoms with van der Waals surface area (Å²) in [5.74, 6) is 1.33. The van der Waals surface area contributed by atoms with Crippen molar-refractivity contribution in [3.05, 3.63) is 54.1 Å². The molecule has 0 bridgehead atoms. The van der Waals surface area contributed by atoms with Gasteiger partial charge in [-0.3, -0.25) is 4.79 Å². The summed E-state index contributed by atoms with van der Waals surface area (Å²) in [6.45, 7) is 1.27. The van der Waals surface area contributed by atoms with E-state index in [2.05, 4.69) is 28.3 Å². The molecule has 1 fully saturated rings. The van der Waals surface area contributed by atoms with Gasteiger partial charge in [0.05, 0.1) is 13.2 Å². The van der Waals surface area contributed by atoms with Crippen molar-refractivity contribution < 1.29 is 14.3 Å². The number of nitrogens with one attached hydrogen (secondary N) is 3. The fourth-order valence-electron chi connectivity index (χ4n) is 3.10. The summed E-state index contributed by atoms with van der Waals surface area (Å²) in [5.41, 5.74) is 8.15. The Bertz CT molecular complexity index is 751. The van der Waals surface area contributed by atoms with Crippen molar-refractivity contribution in [1.29, 1.82) is 0 Å². The van der Waals surface area contributed by atoms with Crippen LogP contribution in [0.15, 0.2) is 48.5 Å². The van der Waals surface area contributed by atoms with Crippen LogP contribution in [0.3, 0.4) is 0 Å². The van der Waals surface area contributed by atoms with Crippen molar-refractivity contribution in [1.82, 2.24) is 10.9 Å². The van der Waals surface area contributed by atoms with Gasteiger partial charge >= 0.3 is 0 Å². The van der Waals surface area contributed by atoms with Crippen molar-refractivity contribution in [2.45, 2.75) is 24.9 Å². The van der Waals surface area contributed by atoms with E-state index in [-0.39, 0.29) is 18.0 Å². The second-order valence-corrected chi connectivity index (χ2v) is 6.24. The Hall–Kier alpha value is -2.57. The fourth-order valence-corrected chi connectivity index (χ4v) is 3.10. The van der Waals surface area contributed by atoms with Crippen molar-refractivity contribution >= 4 is 11.6 Å². The highest BCUT2D eigenvalue weighted by molar-refractivity contribution is 5.95. The second kappa shape index (κ2) is 7.13. The number of amides is 1. The van der Waals surface area contributed by atoms with Gasteiger partial charge in [-0.05, 0) is 24.1 Å². The van der Waals surface area contributed by atoms with Gasteiger partial charge in [-0.15, -0.1) is 0 Å². The largest absolute Gasteiger partial charge is 0.490 e. The van der Waals surface area contributed by atoms with E-state index < -0.39 is 0 Å². The van der Waals surface area contributed by atoms with Crippen LogP contribution in [0.1, 0.15) is 24.4 Å². The van der Waals surface area contributed by atoms with Crippen LogP contribution in [0.2, 0.25) is 0 Å². The fraction of sp³-hybridized carbons (Fsp3) is 0.316. The summed E-state index contributed by atoms with van der Waals surface area (Å²) in [6, 6.07) is 15.4. The van der Waals surface area contributed by atoms with Crippen LogP contribution in [-0.2, 0) is 4.79 Å². The predicted molar refractivity (Wildman–Crippen MR) is 94.5 cm³/mol. The van der Waals surface area contributed by atoms with E-state index >= 15 is 0 Å². The molecule has 4 rings (SSSR count). The van der Waals surface area contributed by atoms with Gasteiger partial charge in [0.25, 0.3) is 0 Å². The molecular weight excluding hydrogens is 318 g/mol. The van der Waals surface area contributed by atoms with Crippen LogP contribution in [0.4, 0.5) is 5.69 Å². The Balaban J connectivity index is 1.40. The molecule has 1 saturated heterocycles. The third kappa shape index (κ3) is 3.60. The molecule has 1 amide bonds. The smallest absolute Gasteiger partial charge is 0.242 e. The standard InChI is InChI=1S/C19H21N3O3/c23-19(16-12-15(21-22-16)13-5-2-1-3-6-13)20-14-7-8-17-18(11-14)25-10-4-9-24-17/h1-3,5-8,11,15-16,21-22H,4,9-10,12H2,(H,20,23). The molecule has 2 aliphatic rings. The van der Waals surface area contributed by atoms with Crippen molar-refractivity contribution in [2.24, 2.45) is 0 Å². The Morgan fingerprint density at radius 2 is 1.80 bits per heavy atom. The van der Waals surface area contributed by atoms with E-state index in [9.17, 15) is 4.79 Å². The molecule has 2 unspecified atom stereocenters. The Morgan fingerprint density at radius 3 is 2.64 bits per heavy atom. The minimum absolute atomic E-state index is 0.0691. The molecule has 130 valence electrons. The van der Waals surface area contributed by atoms with Crippen LogP contribution in [-0.4, -0.2) is 25.2 Å². The monoisotopic (exact) mass is 339 g/mol. The van der Waals surface area contributed by atoms with Crippen LogP contribution < -0.4 is 25.6 Å². The van der Waals surface area contributed by atoms with Crippen LogP contribution in [0.25, 0.3) is 0 Å². The molecule has 2 aromatic carbocycles. The summed E-state index contributed by atoms with van der Waals surface area (Å²) in [4.78, 5) is 12.5. The molecule has 2 atom stereocenters. The van der Waals surface area contributed by atoms with E-state index in [1.54, 1.807) is 0 Å². The van der Waals surface area contributed by atoms with Gasteiger partial charge in [0, 0.05) is 24.2 Å². The molecule has 6 nitrogen and oxygen atoms in total. The lowest BCUT2D eigenvalue weighted by molar-refractivity contribution is -0.117. The first-order chi connectivity index (χ1) is 12.3. The van der Waals surface area contributed by atoms with Gasteiger partial charge in [-0.1, -0.05) is 30.3 Å². The zero-order valence-electron chi connectivity index (χ0n) is 13.8. The summed E-state index contributed by atoms with van der Waals surface area (Å²) < 4.78 is 11.3. The second-order valence-electron chi connectivity index (χ2n) is 6.24. The number of benzene rings is 2. The lowest BCUT2D eigenvalue weighted by atomic mass is 10.0. The molecule has 0 radical (unpaired) electrons. The predicted octanol–water partition coefficient (Wildman–Crippen LogP) is 2.39. The summed E-state index contributed by atoms with van der Waals surface area (Å²) in [5, 5.41) is 2.95. The molecule has 25 heavy (non-hydrogen) atoms. The maximum Gasteiger partial charge on any atom is 0.242 e. The lowest BCUT2D eigenvalue weighted by Gasteiger charge is -2.13. The van der Waals surface area contributed by atoms with Crippen LogP contribution >= 0.6 is 0 Å². The van der Waals surface area contributed by atoms with Crippen molar-refractivity contribution in [3.8, 4) is 11.5 Å². The van der Waals surface area contributed by atoms with E-state index in [1.807, 2.05) is 36.4 Å². The number of carbonyl (C=O) groups is 1. The third-order valence-electron chi connectivity index (χ3n) is 4.44. The third-order valence-corrected chi connectivity index (χ3v) is 4.44. The molecule has 2 aliphatic heterocycles. The number of carbonyl (C=O) groups excluding carboxylic acids is 1. The summed E-state index contributed by atoms with van der Waals surface area (Å²) in [6.07, 6.45) is 1.55. The summed E-state index contributed by atoms with van der Waals surface area (Å²) in [7, 11) is 0. The number of ether oxygens (including phenoxy) is 2. The number of rotatable bonds is 3. The molecule has 6 heteroatoms. The highest BCUT2D eigenvalue weighted by Gasteiger charge is 2.30. The first-order valence-electron chi connectivity index (χ1n) is 8.56. The Labute approximate surface area is 146 Å². The number of hydrogen-bond donors (Lipinski definition) is 3. The Kier molecular flexibility index (Phi) is 4.54. The van der Waals surface area contributed by atoms with Gasteiger partial charge < -0.3 is 14.8 Å². The average molecular weight is 339 g/mol.